The van der Waals surface area contributed by atoms with Gasteiger partial charge in [-0.25, -0.2) is 4.79 Å². The number of rotatable bonds is 10. The summed E-state index contributed by atoms with van der Waals surface area (Å²) in [6.45, 7) is 5.19. The van der Waals surface area contributed by atoms with Crippen molar-refractivity contribution in [2.75, 3.05) is 20.8 Å². The molecule has 0 aromatic heterocycles. The molecule has 0 bridgehead atoms. The smallest absolute Gasteiger partial charge is 0.341 e. The van der Waals surface area contributed by atoms with Crippen LogP contribution in [0.3, 0.4) is 0 Å². The highest BCUT2D eigenvalue weighted by Crippen LogP contribution is 2.33. The lowest BCUT2D eigenvalue weighted by Crippen LogP contribution is -2.26. The fraction of sp³-hybridized carbons (Fsp3) is 0.273. The molecule has 2 N–H and O–H groups in total. The lowest BCUT2D eigenvalue weighted by Gasteiger charge is -2.17. The fourth-order valence-electron chi connectivity index (χ4n) is 2.84. The van der Waals surface area contributed by atoms with E-state index in [4.69, 9.17) is 19.3 Å². The van der Waals surface area contributed by atoms with Gasteiger partial charge in [0.2, 0.25) is 0 Å². The van der Waals surface area contributed by atoms with Gasteiger partial charge in [-0.2, -0.15) is 0 Å². The number of benzene rings is 2. The van der Waals surface area contributed by atoms with Gasteiger partial charge in [-0.1, -0.05) is 18.2 Å². The first-order valence-corrected chi connectivity index (χ1v) is 9.00. The first-order valence-electron chi connectivity index (χ1n) is 9.00. The van der Waals surface area contributed by atoms with Gasteiger partial charge in [0.1, 0.15) is 5.75 Å². The number of amides is 1. The zero-order valence-electron chi connectivity index (χ0n) is 16.7. The number of carbonyl (C=O) groups excluding carboxylic acids is 1. The molecule has 0 fully saturated rings. The molecule has 2 rings (SSSR count). The average Bonchev–Trinajstić information content (AvgIpc) is 2.72. The highest BCUT2D eigenvalue weighted by molar-refractivity contribution is 5.95. The van der Waals surface area contributed by atoms with E-state index in [0.29, 0.717) is 29.2 Å². The topological polar surface area (TPSA) is 94.1 Å². The lowest BCUT2D eigenvalue weighted by atomic mass is 10.0. The van der Waals surface area contributed by atoms with E-state index in [-0.39, 0.29) is 11.9 Å². The molecule has 1 unspecified atom stereocenters. The number of carboxylic acids is 1. The van der Waals surface area contributed by atoms with Crippen LogP contribution in [0.4, 0.5) is 0 Å². The van der Waals surface area contributed by atoms with E-state index >= 15 is 0 Å². The molecule has 0 heterocycles. The average molecular weight is 399 g/mol. The maximum atomic E-state index is 12.8. The number of aliphatic carboxylic acids is 1. The molecular weight excluding hydrogens is 374 g/mol. The van der Waals surface area contributed by atoms with Crippen molar-refractivity contribution in [1.82, 2.24) is 5.32 Å². The Morgan fingerprint density at radius 3 is 2.41 bits per heavy atom. The van der Waals surface area contributed by atoms with Gasteiger partial charge in [0.25, 0.3) is 5.91 Å². The van der Waals surface area contributed by atoms with Crippen molar-refractivity contribution in [2.45, 2.75) is 19.4 Å². The highest BCUT2D eigenvalue weighted by atomic mass is 16.5. The second-order valence-electron chi connectivity index (χ2n) is 6.31. The molecule has 29 heavy (non-hydrogen) atoms. The van der Waals surface area contributed by atoms with Gasteiger partial charge in [0.05, 0.1) is 20.3 Å². The number of carboxylic acid groups (broad SMARTS) is 1. The fourth-order valence-corrected chi connectivity index (χ4v) is 2.84. The summed E-state index contributed by atoms with van der Waals surface area (Å²) in [5.74, 6) is 0.206. The Kier molecular flexibility index (Phi) is 7.65. The van der Waals surface area contributed by atoms with Crippen LogP contribution in [0.5, 0.6) is 17.2 Å². The first-order chi connectivity index (χ1) is 13.9. The molecule has 0 aliphatic carbocycles. The minimum atomic E-state index is -1.04. The third kappa shape index (κ3) is 5.75. The summed E-state index contributed by atoms with van der Waals surface area (Å²) >= 11 is 0. The van der Waals surface area contributed by atoms with Crippen LogP contribution in [0.2, 0.25) is 0 Å². The Morgan fingerprint density at radius 2 is 1.86 bits per heavy atom. The van der Waals surface area contributed by atoms with Crippen molar-refractivity contribution < 1.29 is 28.9 Å². The summed E-state index contributed by atoms with van der Waals surface area (Å²) < 4.78 is 15.9. The highest BCUT2D eigenvalue weighted by Gasteiger charge is 2.17. The van der Waals surface area contributed by atoms with E-state index in [1.54, 1.807) is 49.6 Å². The molecule has 154 valence electrons. The molecule has 0 radical (unpaired) electrons. The first kappa shape index (κ1) is 21.8. The van der Waals surface area contributed by atoms with Crippen molar-refractivity contribution >= 4 is 11.9 Å². The Labute approximate surface area is 169 Å². The molecule has 0 aliphatic rings. The van der Waals surface area contributed by atoms with Crippen LogP contribution in [0.15, 0.2) is 49.1 Å². The van der Waals surface area contributed by atoms with Crippen molar-refractivity contribution in [1.29, 1.82) is 0 Å². The number of nitrogens with one attached hydrogen (secondary N) is 1. The molecule has 0 aliphatic heterocycles. The van der Waals surface area contributed by atoms with Gasteiger partial charge in [0.15, 0.2) is 18.1 Å². The minimum absolute atomic E-state index is 0.255. The summed E-state index contributed by atoms with van der Waals surface area (Å²) in [4.78, 5) is 23.3. The number of ether oxygens (including phenoxy) is 3. The van der Waals surface area contributed by atoms with E-state index in [0.717, 1.165) is 11.1 Å². The number of hydrogen-bond acceptors (Lipinski definition) is 5. The molecule has 2 aromatic rings. The largest absolute Gasteiger partial charge is 0.493 e. The third-order valence-corrected chi connectivity index (χ3v) is 4.27. The second kappa shape index (κ2) is 10.2. The van der Waals surface area contributed by atoms with Gasteiger partial charge < -0.3 is 24.6 Å². The maximum absolute atomic E-state index is 12.8. The van der Waals surface area contributed by atoms with Crippen LogP contribution < -0.4 is 19.5 Å². The quantitative estimate of drug-likeness (QED) is 0.595. The standard InChI is InChI=1S/C22H25NO6/c1-5-6-16-11-17(12-19(27-3)21(16)28-4)22(26)23-14(2)15-7-9-18(10-8-15)29-13-20(24)25/h5,7-12,14H,1,6,13H2,2-4H3,(H,23,26)(H,24,25). The van der Waals surface area contributed by atoms with Crippen LogP contribution in [0.1, 0.15) is 34.5 Å². The van der Waals surface area contributed by atoms with E-state index in [2.05, 4.69) is 11.9 Å². The molecule has 0 spiro atoms. The SMILES string of the molecule is C=CCc1cc(C(=O)NC(C)c2ccc(OCC(=O)O)cc2)cc(OC)c1OC. The summed E-state index contributed by atoms with van der Waals surface area (Å²) in [6.07, 6.45) is 2.27. The maximum Gasteiger partial charge on any atom is 0.341 e. The predicted octanol–water partition coefficient (Wildman–Crippen LogP) is 3.39. The second-order valence-corrected chi connectivity index (χ2v) is 6.31. The number of methoxy groups -OCH3 is 2. The molecular formula is C22H25NO6. The zero-order valence-corrected chi connectivity index (χ0v) is 16.7. The normalized spacial score (nSPS) is 11.3. The van der Waals surface area contributed by atoms with Crippen LogP contribution in [-0.4, -0.2) is 37.8 Å². The Balaban J connectivity index is 2.15. The van der Waals surface area contributed by atoms with E-state index in [1.165, 1.54) is 7.11 Å². The van der Waals surface area contributed by atoms with Gasteiger partial charge in [-0.3, -0.25) is 4.79 Å². The van der Waals surface area contributed by atoms with E-state index in [9.17, 15) is 9.59 Å². The minimum Gasteiger partial charge on any atom is -0.493 e. The van der Waals surface area contributed by atoms with Crippen LogP contribution in [0, 0.1) is 0 Å². The Morgan fingerprint density at radius 1 is 1.17 bits per heavy atom. The molecule has 7 nitrogen and oxygen atoms in total. The van der Waals surface area contributed by atoms with Crippen LogP contribution in [-0.2, 0) is 11.2 Å². The van der Waals surface area contributed by atoms with Crippen molar-refractivity contribution in [3.8, 4) is 17.2 Å². The predicted molar refractivity (Wildman–Crippen MR) is 109 cm³/mol. The Hall–Kier alpha value is -3.48. The molecule has 1 atom stereocenters. The lowest BCUT2D eigenvalue weighted by molar-refractivity contribution is -0.139. The van der Waals surface area contributed by atoms with Gasteiger partial charge >= 0.3 is 5.97 Å². The van der Waals surface area contributed by atoms with E-state index < -0.39 is 12.6 Å². The molecule has 0 saturated heterocycles. The monoisotopic (exact) mass is 399 g/mol. The summed E-state index contributed by atoms with van der Waals surface area (Å²) in [6, 6.07) is 10.0. The third-order valence-electron chi connectivity index (χ3n) is 4.27. The number of carbonyl (C=O) groups is 2. The summed E-state index contributed by atoms with van der Waals surface area (Å²) in [5.41, 5.74) is 2.11. The molecule has 1 amide bonds. The zero-order chi connectivity index (χ0) is 21.4. The van der Waals surface area contributed by atoms with Crippen molar-refractivity contribution in [2.24, 2.45) is 0 Å². The summed E-state index contributed by atoms with van der Waals surface area (Å²) in [7, 11) is 3.07. The molecule has 2 aromatic carbocycles. The van der Waals surface area contributed by atoms with Crippen LogP contribution in [0.25, 0.3) is 0 Å². The van der Waals surface area contributed by atoms with Gasteiger partial charge in [-0.15, -0.1) is 6.58 Å². The van der Waals surface area contributed by atoms with Crippen molar-refractivity contribution in [3.05, 3.63) is 65.7 Å². The Bertz CT molecular complexity index is 876. The van der Waals surface area contributed by atoms with Gasteiger partial charge in [0, 0.05) is 11.1 Å². The number of hydrogen-bond donors (Lipinski definition) is 2. The van der Waals surface area contributed by atoms with Crippen molar-refractivity contribution in [3.63, 3.8) is 0 Å². The van der Waals surface area contributed by atoms with Crippen LogP contribution >= 0.6 is 0 Å². The molecule has 7 heteroatoms. The summed E-state index contributed by atoms with van der Waals surface area (Å²) in [5, 5.41) is 11.6. The van der Waals surface area contributed by atoms with Gasteiger partial charge in [-0.05, 0) is 43.2 Å². The molecule has 0 saturated carbocycles. The number of allylic oxidation sites excluding steroid dienone is 1. The van der Waals surface area contributed by atoms with E-state index in [1.807, 2.05) is 6.92 Å².